The van der Waals surface area contributed by atoms with Gasteiger partial charge in [-0.15, -0.1) is 0 Å². The Kier molecular flexibility index (Phi) is 4.67. The smallest absolute Gasteiger partial charge is 0.339 e. The lowest BCUT2D eigenvalue weighted by Gasteiger charge is -2.09. The number of hydrogen-bond acceptors (Lipinski definition) is 4. The topological polar surface area (TPSA) is 79.2 Å². The minimum atomic E-state index is -0.551. The number of benzene rings is 1. The second-order valence-corrected chi connectivity index (χ2v) is 3.98. The molecule has 1 amide bonds. The monoisotopic (exact) mass is 296 g/mol. The Hall–Kier alpha value is -1.87. The van der Waals surface area contributed by atoms with Gasteiger partial charge in [0, 0.05) is 4.47 Å². The van der Waals surface area contributed by atoms with Crippen molar-refractivity contribution in [1.29, 1.82) is 5.26 Å². The number of amides is 1. The molecule has 0 bridgehead atoms. The summed E-state index contributed by atoms with van der Waals surface area (Å²) < 4.78 is 5.29. The number of anilines is 1. The van der Waals surface area contributed by atoms with Crippen LogP contribution in [0.5, 0.6) is 0 Å². The van der Waals surface area contributed by atoms with Crippen molar-refractivity contribution in [2.75, 3.05) is 12.4 Å². The van der Waals surface area contributed by atoms with E-state index < -0.39 is 11.9 Å². The number of methoxy groups -OCH3 is 1. The van der Waals surface area contributed by atoms with E-state index in [-0.39, 0.29) is 12.0 Å². The van der Waals surface area contributed by atoms with Crippen LogP contribution >= 0.6 is 15.9 Å². The zero-order valence-corrected chi connectivity index (χ0v) is 10.6. The van der Waals surface area contributed by atoms with Gasteiger partial charge in [-0.3, -0.25) is 4.79 Å². The molecule has 1 N–H and O–H groups in total. The molecule has 0 spiro atoms. The lowest BCUT2D eigenvalue weighted by Crippen LogP contribution is -2.14. The minimum absolute atomic E-state index is 0.238. The fraction of sp³-hybridized carbons (Fsp3) is 0.182. The molecule has 1 rings (SSSR count). The van der Waals surface area contributed by atoms with Gasteiger partial charge in [0.15, 0.2) is 0 Å². The molecule has 17 heavy (non-hydrogen) atoms. The van der Waals surface area contributed by atoms with E-state index in [9.17, 15) is 9.59 Å². The number of nitrogens with one attached hydrogen (secondary N) is 1. The van der Waals surface area contributed by atoms with Crippen molar-refractivity contribution in [3.63, 3.8) is 0 Å². The predicted octanol–water partition coefficient (Wildman–Crippen LogP) is 2.09. The van der Waals surface area contributed by atoms with Crippen LogP contribution in [0, 0.1) is 11.3 Å². The third-order valence-corrected chi connectivity index (χ3v) is 2.39. The number of esters is 1. The second kappa shape index (κ2) is 6.01. The summed E-state index contributed by atoms with van der Waals surface area (Å²) in [6, 6.07) is 6.48. The van der Waals surface area contributed by atoms with Crippen LogP contribution in [0.2, 0.25) is 0 Å². The summed E-state index contributed by atoms with van der Waals surface area (Å²) in [7, 11) is 1.26. The molecule has 0 aliphatic heterocycles. The van der Waals surface area contributed by atoms with Crippen molar-refractivity contribution >= 4 is 33.5 Å². The lowest BCUT2D eigenvalue weighted by atomic mass is 10.1. The molecule has 0 radical (unpaired) electrons. The van der Waals surface area contributed by atoms with Crippen molar-refractivity contribution in [3.8, 4) is 6.07 Å². The van der Waals surface area contributed by atoms with Crippen LogP contribution in [0.4, 0.5) is 5.69 Å². The highest BCUT2D eigenvalue weighted by Gasteiger charge is 2.14. The van der Waals surface area contributed by atoms with Gasteiger partial charge in [0.05, 0.1) is 24.4 Å². The Bertz CT molecular complexity index is 494. The summed E-state index contributed by atoms with van der Waals surface area (Å²) in [4.78, 5) is 22.7. The molecule has 0 heterocycles. The number of hydrogen-bond donors (Lipinski definition) is 1. The molecule has 0 aliphatic rings. The van der Waals surface area contributed by atoms with E-state index in [0.29, 0.717) is 10.2 Å². The highest BCUT2D eigenvalue weighted by molar-refractivity contribution is 9.10. The first-order chi connectivity index (χ1) is 8.08. The molecule has 0 aliphatic carbocycles. The van der Waals surface area contributed by atoms with Gasteiger partial charge in [-0.2, -0.15) is 5.26 Å². The quantitative estimate of drug-likeness (QED) is 0.866. The normalized spacial score (nSPS) is 9.24. The third-order valence-electron chi connectivity index (χ3n) is 1.90. The van der Waals surface area contributed by atoms with Crippen LogP contribution in [-0.2, 0) is 9.53 Å². The molecule has 0 unspecified atom stereocenters. The first kappa shape index (κ1) is 13.2. The van der Waals surface area contributed by atoms with E-state index in [4.69, 9.17) is 5.26 Å². The Balaban J connectivity index is 3.04. The van der Waals surface area contributed by atoms with Gasteiger partial charge in [-0.25, -0.2) is 4.79 Å². The number of carbonyl (C=O) groups excluding carboxylic acids is 2. The van der Waals surface area contributed by atoms with Crippen molar-refractivity contribution < 1.29 is 14.3 Å². The number of rotatable bonds is 3. The Morgan fingerprint density at radius 1 is 1.53 bits per heavy atom. The van der Waals surface area contributed by atoms with Crippen molar-refractivity contribution in [2.45, 2.75) is 6.42 Å². The first-order valence-electron chi connectivity index (χ1n) is 4.63. The largest absolute Gasteiger partial charge is 0.465 e. The van der Waals surface area contributed by atoms with E-state index in [2.05, 4.69) is 26.0 Å². The van der Waals surface area contributed by atoms with Crippen LogP contribution in [0.3, 0.4) is 0 Å². The van der Waals surface area contributed by atoms with Crippen LogP contribution in [-0.4, -0.2) is 19.0 Å². The summed E-state index contributed by atoms with van der Waals surface area (Å²) in [5.41, 5.74) is 0.550. The summed E-state index contributed by atoms with van der Waals surface area (Å²) in [5, 5.41) is 10.9. The Morgan fingerprint density at radius 3 is 2.82 bits per heavy atom. The standard InChI is InChI=1S/C11H9BrN2O3/c1-17-11(16)8-3-2-7(12)6-9(8)14-10(15)4-5-13/h2-3,6H,4H2,1H3,(H,14,15). The Morgan fingerprint density at radius 2 is 2.24 bits per heavy atom. The summed E-state index contributed by atoms with van der Waals surface area (Å²) >= 11 is 3.23. The minimum Gasteiger partial charge on any atom is -0.465 e. The lowest BCUT2D eigenvalue weighted by molar-refractivity contribution is -0.115. The molecule has 1 aromatic rings. The molecule has 0 saturated carbocycles. The highest BCUT2D eigenvalue weighted by Crippen LogP contribution is 2.22. The Labute approximate surface area is 107 Å². The number of ether oxygens (including phenoxy) is 1. The molecular formula is C11H9BrN2O3. The number of halogens is 1. The maximum atomic E-state index is 11.4. The van der Waals surface area contributed by atoms with Crippen molar-refractivity contribution in [3.05, 3.63) is 28.2 Å². The molecule has 0 atom stereocenters. The highest BCUT2D eigenvalue weighted by atomic mass is 79.9. The molecule has 5 nitrogen and oxygen atoms in total. The van der Waals surface area contributed by atoms with Crippen molar-refractivity contribution in [2.24, 2.45) is 0 Å². The van der Waals surface area contributed by atoms with Gasteiger partial charge in [0.2, 0.25) is 5.91 Å². The van der Waals surface area contributed by atoms with Gasteiger partial charge < -0.3 is 10.1 Å². The SMILES string of the molecule is COC(=O)c1ccc(Br)cc1NC(=O)CC#N. The first-order valence-corrected chi connectivity index (χ1v) is 5.42. The van der Waals surface area contributed by atoms with Crippen LogP contribution in [0.15, 0.2) is 22.7 Å². The fourth-order valence-corrected chi connectivity index (χ4v) is 1.54. The number of carbonyl (C=O) groups is 2. The maximum absolute atomic E-state index is 11.4. The molecular weight excluding hydrogens is 288 g/mol. The molecule has 0 aromatic heterocycles. The van der Waals surface area contributed by atoms with E-state index in [0.717, 1.165) is 0 Å². The van der Waals surface area contributed by atoms with Gasteiger partial charge in [0.1, 0.15) is 6.42 Å². The average molecular weight is 297 g/mol. The van der Waals surface area contributed by atoms with Gasteiger partial charge in [-0.05, 0) is 18.2 Å². The summed E-state index contributed by atoms with van der Waals surface area (Å²) in [6.45, 7) is 0. The fourth-order valence-electron chi connectivity index (χ4n) is 1.17. The summed E-state index contributed by atoms with van der Waals surface area (Å²) in [6.07, 6.45) is -0.271. The van der Waals surface area contributed by atoms with Gasteiger partial charge in [0.25, 0.3) is 0 Å². The zero-order chi connectivity index (χ0) is 12.8. The average Bonchev–Trinajstić information content (AvgIpc) is 2.28. The maximum Gasteiger partial charge on any atom is 0.339 e. The van der Waals surface area contributed by atoms with E-state index in [1.54, 1.807) is 18.2 Å². The predicted molar refractivity (Wildman–Crippen MR) is 64.3 cm³/mol. The number of nitrogens with zero attached hydrogens (tertiary/aromatic N) is 1. The van der Waals surface area contributed by atoms with E-state index in [1.165, 1.54) is 13.2 Å². The second-order valence-electron chi connectivity index (χ2n) is 3.06. The van der Waals surface area contributed by atoms with E-state index >= 15 is 0 Å². The molecule has 88 valence electrons. The molecule has 6 heteroatoms. The molecule has 0 saturated heterocycles. The van der Waals surface area contributed by atoms with Gasteiger partial charge >= 0.3 is 5.97 Å². The van der Waals surface area contributed by atoms with Crippen LogP contribution in [0.25, 0.3) is 0 Å². The summed E-state index contributed by atoms with van der Waals surface area (Å²) in [5.74, 6) is -1.03. The zero-order valence-electron chi connectivity index (χ0n) is 8.99. The third kappa shape index (κ3) is 3.57. The van der Waals surface area contributed by atoms with Crippen LogP contribution in [0.1, 0.15) is 16.8 Å². The van der Waals surface area contributed by atoms with Crippen LogP contribution < -0.4 is 5.32 Å². The van der Waals surface area contributed by atoms with Crippen molar-refractivity contribution in [1.82, 2.24) is 0 Å². The van der Waals surface area contributed by atoms with E-state index in [1.807, 2.05) is 0 Å². The molecule has 1 aromatic carbocycles. The number of nitriles is 1. The molecule has 0 fully saturated rings. The van der Waals surface area contributed by atoms with Gasteiger partial charge in [-0.1, -0.05) is 15.9 Å².